The van der Waals surface area contributed by atoms with Gasteiger partial charge in [0.1, 0.15) is 10.6 Å². The number of nitrogens with zero attached hydrogens (tertiary/aromatic N) is 3. The minimum atomic E-state index is -3.25. The Labute approximate surface area is 126 Å². The van der Waals surface area contributed by atoms with E-state index in [0.717, 1.165) is 32.5 Å². The molecule has 0 unspecified atom stereocenters. The van der Waals surface area contributed by atoms with E-state index in [1.807, 2.05) is 7.05 Å². The fraction of sp³-hybridized carbons (Fsp3) is 0.846. The number of sulfone groups is 1. The lowest BCUT2D eigenvalue weighted by atomic mass is 9.97. The van der Waals surface area contributed by atoms with Crippen molar-refractivity contribution in [1.29, 1.82) is 0 Å². The van der Waals surface area contributed by atoms with Crippen LogP contribution in [0.2, 0.25) is 0 Å². The van der Waals surface area contributed by atoms with Gasteiger partial charge in [0, 0.05) is 19.3 Å². The highest BCUT2D eigenvalue weighted by atomic mass is 32.2. The molecule has 0 aromatic carbocycles. The molecule has 1 aromatic rings. The number of anilines is 1. The summed E-state index contributed by atoms with van der Waals surface area (Å²) < 4.78 is 22.6. The molecule has 8 heteroatoms. The van der Waals surface area contributed by atoms with Gasteiger partial charge in [-0.05, 0) is 46.2 Å². The van der Waals surface area contributed by atoms with Crippen LogP contribution >= 0.6 is 0 Å². The summed E-state index contributed by atoms with van der Waals surface area (Å²) in [5, 5.41) is 10.2. The quantitative estimate of drug-likeness (QED) is 0.823. The highest BCUT2D eigenvalue weighted by Gasteiger charge is 2.36. The first-order chi connectivity index (χ1) is 9.75. The van der Waals surface area contributed by atoms with Crippen LogP contribution in [0.1, 0.15) is 32.5 Å². The first-order valence-corrected chi connectivity index (χ1v) is 9.17. The summed E-state index contributed by atoms with van der Waals surface area (Å²) in [6, 6.07) is 0. The van der Waals surface area contributed by atoms with Crippen LogP contribution in [0.4, 0.5) is 5.95 Å². The third-order valence-corrected chi connectivity index (χ3v) is 6.41. The van der Waals surface area contributed by atoms with Gasteiger partial charge in [-0.1, -0.05) is 0 Å². The monoisotopic (exact) mass is 315 g/mol. The van der Waals surface area contributed by atoms with Gasteiger partial charge in [0.25, 0.3) is 0 Å². The molecule has 120 valence electrons. The van der Waals surface area contributed by atoms with Gasteiger partial charge in [0.15, 0.2) is 9.84 Å². The molecule has 0 atom stereocenters. The van der Waals surface area contributed by atoms with Crippen LogP contribution in [0.3, 0.4) is 0 Å². The summed E-state index contributed by atoms with van der Waals surface area (Å²) in [6.45, 7) is 6.14. The predicted molar refractivity (Wildman–Crippen MR) is 83.1 cm³/mol. The van der Waals surface area contributed by atoms with Crippen LogP contribution in [-0.2, 0) is 14.6 Å². The summed E-state index contributed by atoms with van der Waals surface area (Å²) in [6.07, 6.45) is 3.42. The maximum Gasteiger partial charge on any atom is 0.244 e. The smallest absolute Gasteiger partial charge is 0.244 e. The average Bonchev–Trinajstić information content (AvgIpc) is 2.89. The van der Waals surface area contributed by atoms with E-state index in [9.17, 15) is 8.42 Å². The zero-order valence-electron chi connectivity index (χ0n) is 13.2. The molecule has 1 aromatic heterocycles. The molecule has 21 heavy (non-hydrogen) atoms. The Morgan fingerprint density at radius 1 is 1.38 bits per heavy atom. The van der Waals surface area contributed by atoms with E-state index < -0.39 is 14.6 Å². The molecule has 1 aliphatic heterocycles. The molecule has 0 aliphatic carbocycles. The lowest BCUT2D eigenvalue weighted by molar-refractivity contribution is 0.391. The number of hydrogen-bond acceptors (Lipinski definition) is 6. The predicted octanol–water partition coefficient (Wildman–Crippen LogP) is 0.520. The van der Waals surface area contributed by atoms with Crippen molar-refractivity contribution < 1.29 is 8.42 Å². The Morgan fingerprint density at radius 3 is 2.52 bits per heavy atom. The molecule has 0 radical (unpaired) electrons. The number of hydrogen-bond donors (Lipinski definition) is 2. The van der Waals surface area contributed by atoms with Gasteiger partial charge in [0.2, 0.25) is 5.95 Å². The number of H-pyrrole nitrogens is 1. The zero-order valence-corrected chi connectivity index (χ0v) is 14.0. The molecule has 2 rings (SSSR count). The van der Waals surface area contributed by atoms with Crippen molar-refractivity contribution >= 4 is 15.8 Å². The molecule has 1 saturated heterocycles. The summed E-state index contributed by atoms with van der Waals surface area (Å²) in [7, 11) is -1.28. The van der Waals surface area contributed by atoms with Crippen molar-refractivity contribution in [3.8, 4) is 0 Å². The van der Waals surface area contributed by atoms with E-state index in [-0.39, 0.29) is 0 Å². The van der Waals surface area contributed by atoms with Gasteiger partial charge < -0.3 is 10.2 Å². The summed E-state index contributed by atoms with van der Waals surface area (Å²) >= 11 is 0. The molecule has 0 bridgehead atoms. The average molecular weight is 315 g/mol. The van der Waals surface area contributed by atoms with E-state index in [4.69, 9.17) is 0 Å². The molecule has 2 N–H and O–H groups in total. The highest BCUT2D eigenvalue weighted by Crippen LogP contribution is 2.28. The lowest BCUT2D eigenvalue weighted by Crippen LogP contribution is -2.37. The van der Waals surface area contributed by atoms with E-state index >= 15 is 0 Å². The molecular formula is C13H25N5O2S. The first-order valence-electron chi connectivity index (χ1n) is 7.27. The van der Waals surface area contributed by atoms with Crippen molar-refractivity contribution in [3.63, 3.8) is 0 Å². The van der Waals surface area contributed by atoms with Crippen LogP contribution in [0.15, 0.2) is 0 Å². The maximum absolute atomic E-state index is 11.8. The number of piperidine rings is 1. The van der Waals surface area contributed by atoms with Crippen molar-refractivity contribution in [2.45, 2.75) is 31.4 Å². The van der Waals surface area contributed by atoms with Crippen molar-refractivity contribution in [3.05, 3.63) is 5.82 Å². The van der Waals surface area contributed by atoms with Crippen molar-refractivity contribution in [2.75, 3.05) is 37.8 Å². The molecule has 1 aliphatic rings. The maximum atomic E-state index is 11.8. The fourth-order valence-electron chi connectivity index (χ4n) is 2.46. The second-order valence-electron chi connectivity index (χ2n) is 6.25. The highest BCUT2D eigenvalue weighted by molar-refractivity contribution is 7.91. The molecule has 2 heterocycles. The number of nitrogens with one attached hydrogen (secondary N) is 2. The number of rotatable bonds is 5. The zero-order chi connectivity index (χ0) is 15.7. The Balaban J connectivity index is 2.08. The van der Waals surface area contributed by atoms with Gasteiger partial charge in [-0.2, -0.15) is 4.98 Å². The minimum Gasteiger partial charge on any atom is -0.340 e. The van der Waals surface area contributed by atoms with Crippen LogP contribution in [0, 0.1) is 5.92 Å². The van der Waals surface area contributed by atoms with Crippen LogP contribution in [-0.4, -0.2) is 56.5 Å². The fourth-order valence-corrected chi connectivity index (χ4v) is 2.91. The Morgan fingerprint density at radius 2 is 2.00 bits per heavy atom. The lowest BCUT2D eigenvalue weighted by Gasteiger charge is -2.31. The standard InChI is InChI=1S/C13H25N5O2S/c1-13(2,21(4,19)20)11-15-12(17-16-11)18-7-5-10(6-8-18)9-14-3/h10,14H,5-9H2,1-4H3,(H,15,16,17). The topological polar surface area (TPSA) is 91.0 Å². The van der Waals surface area contributed by atoms with Gasteiger partial charge in [0.05, 0.1) is 0 Å². The van der Waals surface area contributed by atoms with E-state index in [2.05, 4.69) is 25.4 Å². The summed E-state index contributed by atoms with van der Waals surface area (Å²) in [5.41, 5.74) is 0. The molecule has 0 amide bonds. The normalized spacial score (nSPS) is 18.2. The number of aromatic nitrogens is 3. The largest absolute Gasteiger partial charge is 0.340 e. The molecular weight excluding hydrogens is 290 g/mol. The first kappa shape index (κ1) is 16.2. The molecule has 0 saturated carbocycles. The van der Waals surface area contributed by atoms with Crippen molar-refractivity contribution in [2.24, 2.45) is 5.92 Å². The van der Waals surface area contributed by atoms with Gasteiger partial charge in [-0.15, -0.1) is 5.10 Å². The minimum absolute atomic E-state index is 0.400. The Kier molecular flexibility index (Phi) is 4.57. The van der Waals surface area contributed by atoms with E-state index in [1.54, 1.807) is 13.8 Å². The van der Waals surface area contributed by atoms with Crippen LogP contribution in [0.5, 0.6) is 0 Å². The SMILES string of the molecule is CNCC1CCN(c2n[nH]c(C(C)(C)S(C)(=O)=O)n2)CC1. The molecule has 7 nitrogen and oxygen atoms in total. The summed E-state index contributed by atoms with van der Waals surface area (Å²) in [4.78, 5) is 6.52. The van der Waals surface area contributed by atoms with E-state index in [0.29, 0.717) is 17.7 Å². The summed E-state index contributed by atoms with van der Waals surface area (Å²) in [5.74, 6) is 1.69. The Hall–Kier alpha value is -1.15. The molecule has 1 fully saturated rings. The van der Waals surface area contributed by atoms with E-state index in [1.165, 1.54) is 6.26 Å². The third-order valence-electron chi connectivity index (χ3n) is 4.36. The van der Waals surface area contributed by atoms with Gasteiger partial charge in [-0.3, -0.25) is 5.10 Å². The van der Waals surface area contributed by atoms with Crippen LogP contribution in [0.25, 0.3) is 0 Å². The second-order valence-corrected chi connectivity index (χ2v) is 8.82. The van der Waals surface area contributed by atoms with Crippen molar-refractivity contribution in [1.82, 2.24) is 20.5 Å². The second kappa shape index (κ2) is 5.92. The van der Waals surface area contributed by atoms with Crippen LogP contribution < -0.4 is 10.2 Å². The third kappa shape index (κ3) is 3.37. The van der Waals surface area contributed by atoms with Gasteiger partial charge >= 0.3 is 0 Å². The van der Waals surface area contributed by atoms with Gasteiger partial charge in [-0.25, -0.2) is 8.42 Å². The molecule has 0 spiro atoms. The number of aromatic amines is 1. The Bertz CT molecular complexity index is 573.